The van der Waals surface area contributed by atoms with Crippen LogP contribution >= 0.6 is 0 Å². The molecule has 0 amide bonds. The summed E-state index contributed by atoms with van der Waals surface area (Å²) in [6, 6.07) is 14.0. The molecule has 0 unspecified atom stereocenters. The van der Waals surface area contributed by atoms with Gasteiger partial charge in [-0.2, -0.15) is 0 Å². The first kappa shape index (κ1) is 20.2. The molecule has 4 rings (SSSR count). The van der Waals surface area contributed by atoms with Crippen molar-refractivity contribution < 1.29 is 4.74 Å². The summed E-state index contributed by atoms with van der Waals surface area (Å²) in [6.45, 7) is 5.01. The average molecular weight is 409 g/mol. The number of ether oxygens (including phenoxy) is 1. The zero-order valence-corrected chi connectivity index (χ0v) is 17.3. The van der Waals surface area contributed by atoms with E-state index in [0.29, 0.717) is 38.5 Å². The van der Waals surface area contributed by atoms with Gasteiger partial charge in [0.05, 0.1) is 19.8 Å². The van der Waals surface area contributed by atoms with E-state index in [9.17, 15) is 9.59 Å². The molecule has 7 heteroatoms. The van der Waals surface area contributed by atoms with Crippen LogP contribution in [0.5, 0.6) is 0 Å². The molecule has 1 aliphatic rings. The Labute approximate surface area is 175 Å². The van der Waals surface area contributed by atoms with Gasteiger partial charge in [-0.25, -0.2) is 4.79 Å². The molecule has 1 aliphatic heterocycles. The van der Waals surface area contributed by atoms with Crippen LogP contribution in [0.25, 0.3) is 10.8 Å². The van der Waals surface area contributed by atoms with Crippen molar-refractivity contribution in [1.29, 1.82) is 0 Å². The van der Waals surface area contributed by atoms with Crippen molar-refractivity contribution in [2.75, 3.05) is 36.9 Å². The molecule has 2 heterocycles. The van der Waals surface area contributed by atoms with E-state index in [1.165, 1.54) is 4.57 Å². The van der Waals surface area contributed by atoms with E-state index in [4.69, 9.17) is 10.5 Å². The first-order valence-electron chi connectivity index (χ1n) is 10.5. The van der Waals surface area contributed by atoms with Gasteiger partial charge in [0.1, 0.15) is 11.5 Å². The van der Waals surface area contributed by atoms with Gasteiger partial charge >= 0.3 is 5.69 Å². The van der Waals surface area contributed by atoms with E-state index in [0.717, 1.165) is 29.2 Å². The van der Waals surface area contributed by atoms with E-state index >= 15 is 0 Å². The van der Waals surface area contributed by atoms with Gasteiger partial charge in [-0.15, -0.1) is 0 Å². The summed E-state index contributed by atoms with van der Waals surface area (Å²) in [5, 5.41) is 2.12. The van der Waals surface area contributed by atoms with Crippen LogP contribution in [-0.4, -0.2) is 35.4 Å². The molecule has 2 aromatic carbocycles. The maximum atomic E-state index is 13.5. The minimum atomic E-state index is -0.351. The number of hydrogen-bond acceptors (Lipinski definition) is 5. The number of nitrogens with zero attached hydrogens (tertiary/aromatic N) is 3. The fraction of sp³-hybridized carbons (Fsp3) is 0.391. The van der Waals surface area contributed by atoms with Crippen LogP contribution in [0.15, 0.2) is 52.1 Å². The van der Waals surface area contributed by atoms with Crippen LogP contribution in [0.2, 0.25) is 0 Å². The lowest BCUT2D eigenvalue weighted by atomic mass is 10.0. The number of nitrogen functional groups attached to an aromatic ring is 1. The number of morpholine rings is 1. The highest BCUT2D eigenvalue weighted by molar-refractivity contribution is 5.85. The lowest BCUT2D eigenvalue weighted by Crippen LogP contribution is -2.47. The molecule has 0 bridgehead atoms. The quantitative estimate of drug-likeness (QED) is 0.677. The molecule has 0 radical (unpaired) electrons. The molecule has 0 atom stereocenters. The number of anilines is 2. The number of rotatable bonds is 6. The Hall–Kier alpha value is -3.06. The Bertz CT molecular complexity index is 1150. The zero-order valence-electron chi connectivity index (χ0n) is 17.3. The molecule has 1 fully saturated rings. The summed E-state index contributed by atoms with van der Waals surface area (Å²) in [5.74, 6) is 0.259. The minimum absolute atomic E-state index is 0.211. The van der Waals surface area contributed by atoms with Crippen molar-refractivity contribution in [3.63, 3.8) is 0 Å². The number of hydrogen-bond donors (Lipinski definition) is 1. The first-order valence-corrected chi connectivity index (χ1v) is 10.5. The molecule has 0 aliphatic carbocycles. The van der Waals surface area contributed by atoms with E-state index in [-0.39, 0.29) is 23.6 Å². The van der Waals surface area contributed by atoms with Gasteiger partial charge in [0.15, 0.2) is 0 Å². The highest BCUT2D eigenvalue weighted by Crippen LogP contribution is 2.21. The Morgan fingerprint density at radius 3 is 2.50 bits per heavy atom. The van der Waals surface area contributed by atoms with E-state index in [1.54, 1.807) is 4.57 Å². The molecule has 30 heavy (non-hydrogen) atoms. The van der Waals surface area contributed by atoms with Crippen LogP contribution < -0.4 is 21.9 Å². The topological polar surface area (TPSA) is 82.5 Å². The largest absolute Gasteiger partial charge is 0.383 e. The van der Waals surface area contributed by atoms with Gasteiger partial charge in [-0.1, -0.05) is 55.8 Å². The average Bonchev–Trinajstić information content (AvgIpc) is 2.77. The van der Waals surface area contributed by atoms with E-state index in [1.807, 2.05) is 47.4 Å². The van der Waals surface area contributed by atoms with E-state index < -0.39 is 0 Å². The Morgan fingerprint density at radius 2 is 1.73 bits per heavy atom. The molecule has 1 aromatic heterocycles. The van der Waals surface area contributed by atoms with Crippen LogP contribution in [0.4, 0.5) is 11.5 Å². The smallest absolute Gasteiger partial charge is 0.332 e. The third-order valence-corrected chi connectivity index (χ3v) is 5.71. The predicted molar refractivity (Wildman–Crippen MR) is 120 cm³/mol. The standard InChI is InChI=1S/C23H28N4O3/c1-2-3-11-26-21(24)20(25-12-14-30-15-13-25)22(28)27(23(26)29)16-18-9-6-8-17-7-4-5-10-19(17)18/h4-10H,2-3,11-16,24H2,1H3. The highest BCUT2D eigenvalue weighted by atomic mass is 16.5. The predicted octanol–water partition coefficient (Wildman–Crippen LogP) is 2.43. The van der Waals surface area contributed by atoms with Gasteiger partial charge in [-0.3, -0.25) is 13.9 Å². The number of unbranched alkanes of at least 4 members (excludes halogenated alkanes) is 1. The fourth-order valence-corrected chi connectivity index (χ4v) is 4.06. The fourth-order valence-electron chi connectivity index (χ4n) is 4.06. The van der Waals surface area contributed by atoms with Gasteiger partial charge in [0.2, 0.25) is 0 Å². The summed E-state index contributed by atoms with van der Waals surface area (Å²) in [5.41, 5.74) is 7.04. The SMILES string of the molecule is CCCCn1c(N)c(N2CCOCC2)c(=O)n(Cc2cccc3ccccc23)c1=O. The lowest BCUT2D eigenvalue weighted by molar-refractivity contribution is 0.122. The van der Waals surface area contributed by atoms with Crippen LogP contribution in [-0.2, 0) is 17.8 Å². The molecule has 0 spiro atoms. The number of benzene rings is 2. The van der Waals surface area contributed by atoms with Crippen LogP contribution in [0.1, 0.15) is 25.3 Å². The second-order valence-corrected chi connectivity index (χ2v) is 7.65. The van der Waals surface area contributed by atoms with Crippen molar-refractivity contribution in [2.24, 2.45) is 0 Å². The van der Waals surface area contributed by atoms with Crippen molar-refractivity contribution in [1.82, 2.24) is 9.13 Å². The molecule has 1 saturated heterocycles. The first-order chi connectivity index (χ1) is 14.6. The minimum Gasteiger partial charge on any atom is -0.383 e. The van der Waals surface area contributed by atoms with Crippen molar-refractivity contribution in [3.8, 4) is 0 Å². The summed E-state index contributed by atoms with van der Waals surface area (Å²) < 4.78 is 8.32. The zero-order chi connectivity index (χ0) is 21.1. The maximum Gasteiger partial charge on any atom is 0.332 e. The molecular weight excluding hydrogens is 380 g/mol. The molecule has 3 aromatic rings. The summed E-state index contributed by atoms with van der Waals surface area (Å²) in [7, 11) is 0. The molecule has 7 nitrogen and oxygen atoms in total. The third kappa shape index (κ3) is 3.73. The maximum absolute atomic E-state index is 13.5. The monoisotopic (exact) mass is 408 g/mol. The van der Waals surface area contributed by atoms with Crippen LogP contribution in [0, 0.1) is 0 Å². The van der Waals surface area contributed by atoms with Gasteiger partial charge in [0.25, 0.3) is 5.56 Å². The third-order valence-electron chi connectivity index (χ3n) is 5.71. The lowest BCUT2D eigenvalue weighted by Gasteiger charge is -2.30. The van der Waals surface area contributed by atoms with Crippen molar-refractivity contribution in [2.45, 2.75) is 32.9 Å². The number of fused-ring (bicyclic) bond motifs is 1. The summed E-state index contributed by atoms with van der Waals surface area (Å²) in [4.78, 5) is 28.7. The Balaban J connectivity index is 1.87. The van der Waals surface area contributed by atoms with Crippen LogP contribution in [0.3, 0.4) is 0 Å². The van der Waals surface area contributed by atoms with Crippen molar-refractivity contribution in [3.05, 3.63) is 68.9 Å². The van der Waals surface area contributed by atoms with Gasteiger partial charge in [0, 0.05) is 19.6 Å². The van der Waals surface area contributed by atoms with Gasteiger partial charge < -0.3 is 15.4 Å². The van der Waals surface area contributed by atoms with Crippen molar-refractivity contribution >= 4 is 22.3 Å². The Kier molecular flexibility index (Phi) is 5.90. The van der Waals surface area contributed by atoms with E-state index in [2.05, 4.69) is 6.92 Å². The Morgan fingerprint density at radius 1 is 1.00 bits per heavy atom. The highest BCUT2D eigenvalue weighted by Gasteiger charge is 2.23. The second kappa shape index (κ2) is 8.75. The number of aromatic nitrogens is 2. The summed E-state index contributed by atoms with van der Waals surface area (Å²) in [6.07, 6.45) is 1.75. The normalized spacial score (nSPS) is 14.4. The molecular formula is C23H28N4O3. The molecule has 2 N–H and O–H groups in total. The number of nitrogens with two attached hydrogens (primary N) is 1. The summed E-state index contributed by atoms with van der Waals surface area (Å²) >= 11 is 0. The van der Waals surface area contributed by atoms with Gasteiger partial charge in [-0.05, 0) is 22.8 Å². The second-order valence-electron chi connectivity index (χ2n) is 7.65. The molecule has 0 saturated carbocycles. The molecule has 158 valence electrons.